The highest BCUT2D eigenvalue weighted by Crippen LogP contribution is 2.65. The third kappa shape index (κ3) is 1.80. The lowest BCUT2D eigenvalue weighted by atomic mass is 9.45. The van der Waals surface area contributed by atoms with E-state index in [1.165, 1.54) is 6.42 Å². The van der Waals surface area contributed by atoms with Crippen LogP contribution in [0.3, 0.4) is 0 Å². The lowest BCUT2D eigenvalue weighted by Gasteiger charge is -2.63. The van der Waals surface area contributed by atoms with Crippen molar-refractivity contribution in [2.45, 2.75) is 70.9 Å². The molecule has 5 aliphatic rings. The minimum absolute atomic E-state index is 0.0202. The minimum atomic E-state index is -0.404. The summed E-state index contributed by atoms with van der Waals surface area (Å²) in [5, 5.41) is 3.34. The summed E-state index contributed by atoms with van der Waals surface area (Å²) in [6.45, 7) is 5.83. The van der Waals surface area contributed by atoms with E-state index in [1.807, 2.05) is 20.8 Å². The van der Waals surface area contributed by atoms with Gasteiger partial charge in [0, 0.05) is 10.8 Å². The Bertz CT molecular complexity index is 505. The fraction of sp³-hybridized carbons (Fsp3) is 0.882. The molecule has 0 aromatic rings. The van der Waals surface area contributed by atoms with E-state index < -0.39 is 5.41 Å². The maximum Gasteiger partial charge on any atom is 0.306 e. The molecule has 116 valence electrons. The third-order valence-electron chi connectivity index (χ3n) is 6.21. The Balaban J connectivity index is 1.71. The van der Waals surface area contributed by atoms with Crippen molar-refractivity contribution in [1.82, 2.24) is 5.32 Å². The molecule has 1 heterocycles. The topological polar surface area (TPSA) is 55.4 Å². The molecule has 5 fully saturated rings. The number of esters is 1. The molecule has 4 heteroatoms. The standard InChI is InChI=1S/C17H25NO3/c1-15(2,3)14(20)18-17-7-10-4-11(8-17)6-16(5-10)9-12(19)21-13(16)17/h10-11,13H,4-9H2,1-3H3,(H,18,20)/t10?,11?,13-,16?,17?/m0/s1. The van der Waals surface area contributed by atoms with Crippen LogP contribution in [0.4, 0.5) is 0 Å². The first-order valence-electron chi connectivity index (χ1n) is 8.25. The van der Waals surface area contributed by atoms with Gasteiger partial charge in [0.1, 0.15) is 6.10 Å². The van der Waals surface area contributed by atoms with E-state index >= 15 is 0 Å². The molecule has 1 aliphatic heterocycles. The van der Waals surface area contributed by atoms with Crippen LogP contribution in [-0.4, -0.2) is 23.5 Å². The summed E-state index contributed by atoms with van der Waals surface area (Å²) in [6, 6.07) is 0. The normalized spacial score (nSPS) is 47.2. The summed E-state index contributed by atoms with van der Waals surface area (Å²) in [7, 11) is 0. The molecule has 5 rings (SSSR count). The first kappa shape index (κ1) is 13.6. The van der Waals surface area contributed by atoms with Crippen molar-refractivity contribution in [3.63, 3.8) is 0 Å². The van der Waals surface area contributed by atoms with Crippen molar-refractivity contribution < 1.29 is 14.3 Å². The fourth-order valence-electron chi connectivity index (χ4n) is 5.83. The van der Waals surface area contributed by atoms with Crippen LogP contribution < -0.4 is 5.32 Å². The van der Waals surface area contributed by atoms with E-state index in [1.54, 1.807) is 0 Å². The highest BCUT2D eigenvalue weighted by atomic mass is 16.6. The molecule has 4 bridgehead atoms. The zero-order chi connectivity index (χ0) is 15.0. The van der Waals surface area contributed by atoms with Crippen molar-refractivity contribution in [1.29, 1.82) is 0 Å². The second-order valence-corrected chi connectivity index (χ2v) is 9.05. The number of carbonyl (C=O) groups is 2. The van der Waals surface area contributed by atoms with Crippen molar-refractivity contribution in [2.75, 3.05) is 0 Å². The molecule has 0 radical (unpaired) electrons. The molecule has 4 aliphatic carbocycles. The van der Waals surface area contributed by atoms with Gasteiger partial charge >= 0.3 is 5.97 Å². The molecule has 1 spiro atoms. The van der Waals surface area contributed by atoms with Crippen LogP contribution in [0.2, 0.25) is 0 Å². The molecule has 2 unspecified atom stereocenters. The van der Waals surface area contributed by atoms with Crippen LogP contribution in [0.15, 0.2) is 0 Å². The van der Waals surface area contributed by atoms with Gasteiger partial charge in [-0.1, -0.05) is 20.8 Å². The zero-order valence-corrected chi connectivity index (χ0v) is 13.2. The van der Waals surface area contributed by atoms with Crippen LogP contribution in [0.1, 0.15) is 59.3 Å². The second-order valence-electron chi connectivity index (χ2n) is 9.05. The summed E-state index contributed by atoms with van der Waals surface area (Å²) < 4.78 is 5.76. The number of rotatable bonds is 1. The molecule has 21 heavy (non-hydrogen) atoms. The SMILES string of the molecule is CC(C)(C)C(=O)NC12CC3CC(CC4(CC(=O)O[C@@H]41)C3)C2. The summed E-state index contributed by atoms with van der Waals surface area (Å²) in [5.74, 6) is 1.34. The molecule has 4 nitrogen and oxygen atoms in total. The summed E-state index contributed by atoms with van der Waals surface area (Å²) >= 11 is 0. The average molecular weight is 291 g/mol. The minimum Gasteiger partial charge on any atom is -0.459 e. The molecule has 1 saturated heterocycles. The van der Waals surface area contributed by atoms with E-state index in [2.05, 4.69) is 5.32 Å². The quantitative estimate of drug-likeness (QED) is 0.755. The largest absolute Gasteiger partial charge is 0.459 e. The Kier molecular flexibility index (Phi) is 2.47. The predicted octanol–water partition coefficient (Wildman–Crippen LogP) is 2.41. The van der Waals surface area contributed by atoms with Gasteiger partial charge in [-0.3, -0.25) is 9.59 Å². The summed E-state index contributed by atoms with van der Waals surface area (Å²) in [6.07, 6.45) is 5.97. The zero-order valence-electron chi connectivity index (χ0n) is 13.2. The summed E-state index contributed by atoms with van der Waals surface area (Å²) in [5.41, 5.74) is -0.675. The maximum absolute atomic E-state index is 12.6. The summed E-state index contributed by atoms with van der Waals surface area (Å²) in [4.78, 5) is 24.5. The van der Waals surface area contributed by atoms with E-state index in [4.69, 9.17) is 4.74 Å². The number of hydrogen-bond acceptors (Lipinski definition) is 3. The molecule has 3 atom stereocenters. The fourth-order valence-corrected chi connectivity index (χ4v) is 5.83. The third-order valence-corrected chi connectivity index (χ3v) is 6.21. The van der Waals surface area contributed by atoms with Crippen LogP contribution in [0.5, 0.6) is 0 Å². The maximum atomic E-state index is 12.6. The van der Waals surface area contributed by atoms with Crippen molar-refractivity contribution in [3.05, 3.63) is 0 Å². The van der Waals surface area contributed by atoms with Crippen LogP contribution >= 0.6 is 0 Å². The Hall–Kier alpha value is -1.06. The van der Waals surface area contributed by atoms with Crippen LogP contribution in [0, 0.1) is 22.7 Å². The van der Waals surface area contributed by atoms with Crippen molar-refractivity contribution in [3.8, 4) is 0 Å². The first-order valence-corrected chi connectivity index (χ1v) is 8.25. The molecular formula is C17H25NO3. The van der Waals surface area contributed by atoms with Gasteiger partial charge in [-0.15, -0.1) is 0 Å². The Morgan fingerprint density at radius 1 is 1.19 bits per heavy atom. The lowest BCUT2D eigenvalue weighted by Crippen LogP contribution is -2.71. The van der Waals surface area contributed by atoms with E-state index in [0.717, 1.165) is 25.7 Å². The molecule has 1 N–H and O–H groups in total. The number of hydrogen-bond donors (Lipinski definition) is 1. The van der Waals surface area contributed by atoms with Gasteiger partial charge in [0.25, 0.3) is 0 Å². The molecular weight excluding hydrogens is 266 g/mol. The van der Waals surface area contributed by atoms with E-state index in [-0.39, 0.29) is 28.9 Å². The number of ether oxygens (including phenoxy) is 1. The van der Waals surface area contributed by atoms with Crippen LogP contribution in [0.25, 0.3) is 0 Å². The Morgan fingerprint density at radius 3 is 2.38 bits per heavy atom. The monoisotopic (exact) mass is 291 g/mol. The van der Waals surface area contributed by atoms with Gasteiger partial charge in [-0.05, 0) is 43.9 Å². The number of amides is 1. The predicted molar refractivity (Wildman–Crippen MR) is 77.3 cm³/mol. The number of carbonyl (C=O) groups excluding carboxylic acids is 2. The van der Waals surface area contributed by atoms with Crippen molar-refractivity contribution in [2.24, 2.45) is 22.7 Å². The van der Waals surface area contributed by atoms with Gasteiger partial charge in [-0.25, -0.2) is 0 Å². The average Bonchev–Trinajstić information content (AvgIpc) is 2.63. The van der Waals surface area contributed by atoms with Gasteiger partial charge in [-0.2, -0.15) is 0 Å². The molecule has 4 saturated carbocycles. The van der Waals surface area contributed by atoms with Crippen LogP contribution in [-0.2, 0) is 14.3 Å². The van der Waals surface area contributed by atoms with E-state index in [0.29, 0.717) is 18.3 Å². The van der Waals surface area contributed by atoms with Crippen molar-refractivity contribution >= 4 is 11.9 Å². The smallest absolute Gasteiger partial charge is 0.306 e. The molecule has 1 amide bonds. The van der Waals surface area contributed by atoms with Gasteiger partial charge in [0.15, 0.2) is 0 Å². The molecule has 0 aromatic heterocycles. The van der Waals surface area contributed by atoms with Gasteiger partial charge < -0.3 is 10.1 Å². The molecule has 0 aromatic carbocycles. The van der Waals surface area contributed by atoms with Gasteiger partial charge in [0.2, 0.25) is 5.91 Å². The Morgan fingerprint density at radius 2 is 1.81 bits per heavy atom. The first-order chi connectivity index (χ1) is 9.72. The highest BCUT2D eigenvalue weighted by Gasteiger charge is 2.69. The Labute approximate surface area is 126 Å². The van der Waals surface area contributed by atoms with Gasteiger partial charge in [0.05, 0.1) is 12.0 Å². The second kappa shape index (κ2) is 3.82. The number of nitrogens with one attached hydrogen (secondary N) is 1. The van der Waals surface area contributed by atoms with E-state index in [9.17, 15) is 9.59 Å². The highest BCUT2D eigenvalue weighted by molar-refractivity contribution is 5.82. The lowest BCUT2D eigenvalue weighted by molar-refractivity contribution is -0.174.